The van der Waals surface area contributed by atoms with Crippen molar-refractivity contribution in [2.45, 2.75) is 4.90 Å². The topological polar surface area (TPSA) is 54.3 Å². The number of fused-ring (bicyclic) bond motifs is 1. The van der Waals surface area contributed by atoms with Crippen molar-refractivity contribution in [3.8, 4) is 0 Å². The van der Waals surface area contributed by atoms with Crippen LogP contribution in [0.5, 0.6) is 0 Å². The first-order chi connectivity index (χ1) is 12.1. The molecular weight excluding hydrogens is 341 g/mol. The molecule has 0 radical (unpaired) electrons. The van der Waals surface area contributed by atoms with Crippen molar-refractivity contribution in [1.82, 2.24) is 9.29 Å². The molecule has 0 amide bonds. The Morgan fingerprint density at radius 1 is 1.00 bits per heavy atom. The first-order valence-corrected chi connectivity index (χ1v) is 9.58. The highest BCUT2D eigenvalue weighted by atomic mass is 32.2. The lowest BCUT2D eigenvalue weighted by molar-refractivity contribution is 0.584. The highest BCUT2D eigenvalue weighted by molar-refractivity contribution is 7.90. The number of halogens is 1. The van der Waals surface area contributed by atoms with Gasteiger partial charge in [0.25, 0.3) is 10.0 Å². The van der Waals surface area contributed by atoms with Gasteiger partial charge >= 0.3 is 0 Å². The molecule has 1 N–H and O–H groups in total. The zero-order valence-corrected chi connectivity index (χ0v) is 14.3. The first-order valence-electron chi connectivity index (χ1n) is 8.14. The van der Waals surface area contributed by atoms with E-state index in [0.717, 1.165) is 43.3 Å². The lowest BCUT2D eigenvalue weighted by atomic mass is 10.2. The Labute approximate surface area is 145 Å². The van der Waals surface area contributed by atoms with Gasteiger partial charge in [0.2, 0.25) is 0 Å². The van der Waals surface area contributed by atoms with Crippen LogP contribution < -0.4 is 10.2 Å². The van der Waals surface area contributed by atoms with E-state index >= 15 is 0 Å². The van der Waals surface area contributed by atoms with E-state index < -0.39 is 15.8 Å². The van der Waals surface area contributed by atoms with E-state index in [0.29, 0.717) is 5.52 Å². The van der Waals surface area contributed by atoms with E-state index in [4.69, 9.17) is 0 Å². The Kier molecular flexibility index (Phi) is 3.97. The summed E-state index contributed by atoms with van der Waals surface area (Å²) in [6.45, 7) is 3.55. The molecule has 7 heteroatoms. The number of hydrogen-bond donors (Lipinski definition) is 1. The van der Waals surface area contributed by atoms with Gasteiger partial charge < -0.3 is 10.2 Å². The highest BCUT2D eigenvalue weighted by Crippen LogP contribution is 2.30. The Balaban J connectivity index is 1.84. The van der Waals surface area contributed by atoms with Gasteiger partial charge in [-0.15, -0.1) is 0 Å². The number of rotatable bonds is 3. The summed E-state index contributed by atoms with van der Waals surface area (Å²) in [5, 5.41) is 4.19. The van der Waals surface area contributed by atoms with Gasteiger partial charge in [0.15, 0.2) is 0 Å². The molecule has 1 aromatic heterocycles. The maximum absolute atomic E-state index is 13.5. The highest BCUT2D eigenvalue weighted by Gasteiger charge is 2.21. The maximum Gasteiger partial charge on any atom is 0.268 e. The fraction of sp³-hybridized carbons (Fsp3) is 0.222. The van der Waals surface area contributed by atoms with Crippen LogP contribution in [0.3, 0.4) is 0 Å². The lowest BCUT2D eigenvalue weighted by Crippen LogP contribution is -2.43. The molecule has 4 rings (SSSR count). The molecule has 0 aliphatic carbocycles. The van der Waals surface area contributed by atoms with Crippen LogP contribution in [0.15, 0.2) is 59.6 Å². The molecular formula is C18H18FN3O2S. The van der Waals surface area contributed by atoms with Crippen molar-refractivity contribution >= 4 is 26.6 Å². The largest absolute Gasteiger partial charge is 0.368 e. The van der Waals surface area contributed by atoms with Crippen molar-refractivity contribution in [1.29, 1.82) is 0 Å². The molecule has 1 saturated heterocycles. The molecule has 0 atom stereocenters. The number of nitrogens with one attached hydrogen (secondary N) is 1. The minimum atomic E-state index is -3.85. The van der Waals surface area contributed by atoms with Gasteiger partial charge in [0, 0.05) is 43.4 Å². The van der Waals surface area contributed by atoms with E-state index in [2.05, 4.69) is 10.2 Å². The fourth-order valence-electron chi connectivity index (χ4n) is 3.26. The van der Waals surface area contributed by atoms with Gasteiger partial charge in [0.1, 0.15) is 5.82 Å². The quantitative estimate of drug-likeness (QED) is 0.780. The van der Waals surface area contributed by atoms with Crippen LogP contribution in [-0.4, -0.2) is 38.6 Å². The monoisotopic (exact) mass is 359 g/mol. The SMILES string of the molecule is O=S(=O)(c1cccc(F)c1)n1ccc2c(N3CCNCC3)cccc21. The second-order valence-electron chi connectivity index (χ2n) is 6.02. The third-order valence-corrected chi connectivity index (χ3v) is 6.17. The smallest absolute Gasteiger partial charge is 0.268 e. The van der Waals surface area contributed by atoms with Gasteiger partial charge in [0.05, 0.1) is 10.4 Å². The van der Waals surface area contributed by atoms with E-state index in [1.807, 2.05) is 18.2 Å². The van der Waals surface area contributed by atoms with E-state index in [1.54, 1.807) is 6.07 Å². The Morgan fingerprint density at radius 3 is 2.52 bits per heavy atom. The van der Waals surface area contributed by atoms with Crippen molar-refractivity contribution < 1.29 is 12.8 Å². The summed E-state index contributed by atoms with van der Waals surface area (Å²) in [5.74, 6) is -0.570. The van der Waals surface area contributed by atoms with Crippen molar-refractivity contribution in [3.63, 3.8) is 0 Å². The van der Waals surface area contributed by atoms with Gasteiger partial charge in [-0.3, -0.25) is 0 Å². The number of nitrogens with zero attached hydrogens (tertiary/aromatic N) is 2. The predicted molar refractivity (Wildman–Crippen MR) is 96.0 cm³/mol. The average Bonchev–Trinajstić information content (AvgIpc) is 3.07. The molecule has 2 aromatic carbocycles. The summed E-state index contributed by atoms with van der Waals surface area (Å²) in [7, 11) is -3.85. The Hall–Kier alpha value is -2.38. The molecule has 3 aromatic rings. The number of aromatic nitrogens is 1. The molecule has 1 aliphatic rings. The summed E-state index contributed by atoms with van der Waals surface area (Å²) in [5.41, 5.74) is 1.62. The molecule has 1 aliphatic heterocycles. The second-order valence-corrected chi connectivity index (χ2v) is 7.84. The summed E-state index contributed by atoms with van der Waals surface area (Å²) >= 11 is 0. The summed E-state index contributed by atoms with van der Waals surface area (Å²) in [6.07, 6.45) is 1.54. The minimum Gasteiger partial charge on any atom is -0.368 e. The zero-order chi connectivity index (χ0) is 17.4. The zero-order valence-electron chi connectivity index (χ0n) is 13.5. The summed E-state index contributed by atoms with van der Waals surface area (Å²) in [6, 6.07) is 12.5. The van der Waals surface area contributed by atoms with Crippen LogP contribution in [0.25, 0.3) is 10.9 Å². The van der Waals surface area contributed by atoms with E-state index in [-0.39, 0.29) is 4.90 Å². The number of anilines is 1. The van der Waals surface area contributed by atoms with Crippen LogP contribution >= 0.6 is 0 Å². The minimum absolute atomic E-state index is 0.0578. The molecule has 25 heavy (non-hydrogen) atoms. The third-order valence-electron chi connectivity index (χ3n) is 4.48. The van der Waals surface area contributed by atoms with Crippen molar-refractivity contribution in [2.75, 3.05) is 31.1 Å². The van der Waals surface area contributed by atoms with E-state index in [9.17, 15) is 12.8 Å². The van der Waals surface area contributed by atoms with Crippen molar-refractivity contribution in [2.24, 2.45) is 0 Å². The van der Waals surface area contributed by atoms with E-state index in [1.165, 1.54) is 28.4 Å². The molecule has 130 valence electrons. The molecule has 1 fully saturated rings. The summed E-state index contributed by atoms with van der Waals surface area (Å²) in [4.78, 5) is 2.19. The van der Waals surface area contributed by atoms with Crippen LogP contribution in [0.2, 0.25) is 0 Å². The Morgan fingerprint density at radius 2 is 1.76 bits per heavy atom. The third kappa shape index (κ3) is 2.79. The number of hydrogen-bond acceptors (Lipinski definition) is 4. The molecule has 0 unspecified atom stereocenters. The summed E-state index contributed by atoms with van der Waals surface area (Å²) < 4.78 is 40.5. The van der Waals surface area contributed by atoms with Gasteiger partial charge in [-0.1, -0.05) is 12.1 Å². The van der Waals surface area contributed by atoms with Crippen LogP contribution in [0.1, 0.15) is 0 Å². The molecule has 0 saturated carbocycles. The van der Waals surface area contributed by atoms with Crippen LogP contribution in [0, 0.1) is 5.82 Å². The van der Waals surface area contributed by atoms with Crippen molar-refractivity contribution in [3.05, 3.63) is 60.5 Å². The van der Waals surface area contributed by atoms with Gasteiger partial charge in [-0.2, -0.15) is 0 Å². The first kappa shape index (κ1) is 16.1. The standard InChI is InChI=1S/C18H18FN3O2S/c19-14-3-1-4-15(13-14)25(23,24)22-10-7-16-17(5-2-6-18(16)22)21-11-8-20-9-12-21/h1-7,10,13,20H,8-9,11-12H2. The van der Waals surface area contributed by atoms with Gasteiger partial charge in [-0.25, -0.2) is 16.8 Å². The predicted octanol–water partition coefficient (Wildman–Crippen LogP) is 2.43. The normalized spacial score (nSPS) is 15.6. The fourth-order valence-corrected chi connectivity index (χ4v) is 4.64. The number of piperazine rings is 1. The average molecular weight is 359 g/mol. The number of benzene rings is 2. The maximum atomic E-state index is 13.5. The molecule has 0 spiro atoms. The van der Waals surface area contributed by atoms with Gasteiger partial charge in [-0.05, 0) is 36.4 Å². The molecule has 0 bridgehead atoms. The van der Waals surface area contributed by atoms with Crippen LogP contribution in [0.4, 0.5) is 10.1 Å². The second kappa shape index (κ2) is 6.16. The van der Waals surface area contributed by atoms with Crippen LogP contribution in [-0.2, 0) is 10.0 Å². The molecule has 2 heterocycles. The molecule has 5 nitrogen and oxygen atoms in total. The Bertz CT molecular complexity index is 1020. The lowest BCUT2D eigenvalue weighted by Gasteiger charge is -2.30.